The van der Waals surface area contributed by atoms with E-state index in [1.165, 1.54) is 46.3 Å². The van der Waals surface area contributed by atoms with Gasteiger partial charge in [0.15, 0.2) is 4.80 Å². The van der Waals surface area contributed by atoms with Gasteiger partial charge >= 0.3 is 5.97 Å². The van der Waals surface area contributed by atoms with Gasteiger partial charge in [-0.25, -0.2) is 8.42 Å². The fourth-order valence-corrected chi connectivity index (χ4v) is 6.91. The second-order valence-corrected chi connectivity index (χ2v) is 11.4. The van der Waals surface area contributed by atoms with Gasteiger partial charge in [-0.2, -0.15) is 9.30 Å². The van der Waals surface area contributed by atoms with Gasteiger partial charge in [0.1, 0.15) is 6.54 Å². The van der Waals surface area contributed by atoms with E-state index in [9.17, 15) is 18.0 Å². The van der Waals surface area contributed by atoms with Gasteiger partial charge in [0.2, 0.25) is 10.0 Å². The molecule has 0 aliphatic rings. The minimum absolute atomic E-state index is 0.111. The van der Waals surface area contributed by atoms with Crippen LogP contribution in [-0.4, -0.2) is 49.4 Å². The molecule has 0 N–H and O–H groups in total. The Kier molecular flexibility index (Phi) is 9.11. The van der Waals surface area contributed by atoms with E-state index in [1.807, 2.05) is 13.8 Å². The van der Waals surface area contributed by atoms with Crippen molar-refractivity contribution in [3.8, 4) is 0 Å². The highest BCUT2D eigenvalue weighted by atomic mass is 35.5. The average Bonchev–Trinajstić information content (AvgIpc) is 3.15. The van der Waals surface area contributed by atoms with Gasteiger partial charge in [0.05, 0.1) is 27.2 Å². The highest BCUT2D eigenvalue weighted by molar-refractivity contribution is 7.89. The number of nitrogens with zero attached hydrogens (tertiary/aromatic N) is 3. The Labute approximate surface area is 217 Å². The lowest BCUT2D eigenvalue weighted by atomic mass is 10.2. The number of methoxy groups -OCH3 is 1. The van der Waals surface area contributed by atoms with Crippen molar-refractivity contribution >= 4 is 66.7 Å². The van der Waals surface area contributed by atoms with E-state index in [0.29, 0.717) is 46.2 Å². The van der Waals surface area contributed by atoms with Gasteiger partial charge in [-0.05, 0) is 49.2 Å². The van der Waals surface area contributed by atoms with E-state index in [1.54, 1.807) is 6.07 Å². The zero-order valence-corrected chi connectivity index (χ0v) is 22.6. The molecule has 0 fully saturated rings. The molecule has 0 radical (unpaired) electrons. The topological polar surface area (TPSA) is 98.0 Å². The molecule has 12 heteroatoms. The zero-order chi connectivity index (χ0) is 25.8. The van der Waals surface area contributed by atoms with Crippen LogP contribution in [0.5, 0.6) is 0 Å². The Bertz CT molecular complexity index is 1410. The number of benzene rings is 2. The maximum Gasteiger partial charge on any atom is 0.325 e. The summed E-state index contributed by atoms with van der Waals surface area (Å²) in [5, 5.41) is 0.712. The first kappa shape index (κ1) is 27.3. The first-order valence-corrected chi connectivity index (χ1v) is 13.9. The summed E-state index contributed by atoms with van der Waals surface area (Å²) in [6.07, 6.45) is 1.40. The number of hydrogen-bond acceptors (Lipinski definition) is 6. The van der Waals surface area contributed by atoms with Crippen LogP contribution in [0.3, 0.4) is 0 Å². The van der Waals surface area contributed by atoms with Gasteiger partial charge in [-0.1, -0.05) is 48.4 Å². The van der Waals surface area contributed by atoms with Crippen LogP contribution in [0.2, 0.25) is 10.0 Å². The normalized spacial score (nSPS) is 12.5. The summed E-state index contributed by atoms with van der Waals surface area (Å²) in [6, 6.07) is 8.87. The Morgan fingerprint density at radius 2 is 1.71 bits per heavy atom. The fraction of sp³-hybridized carbons (Fsp3) is 0.348. The smallest absolute Gasteiger partial charge is 0.325 e. The van der Waals surface area contributed by atoms with E-state index >= 15 is 0 Å². The molecule has 0 spiro atoms. The van der Waals surface area contributed by atoms with Crippen LogP contribution in [0.15, 0.2) is 46.3 Å². The second-order valence-electron chi connectivity index (χ2n) is 7.63. The quantitative estimate of drug-likeness (QED) is 0.354. The van der Waals surface area contributed by atoms with E-state index in [2.05, 4.69) is 4.99 Å². The number of amides is 1. The molecule has 0 unspecified atom stereocenters. The predicted octanol–water partition coefficient (Wildman–Crippen LogP) is 4.73. The third-order valence-corrected chi connectivity index (χ3v) is 8.54. The SMILES string of the molecule is CCCN(CCC)S(=O)(=O)c1ccc(C(=O)N=c2sc3cc(Cl)cc(Cl)c3n2CC(=O)OC)cc1. The van der Waals surface area contributed by atoms with Crippen molar-refractivity contribution in [1.29, 1.82) is 0 Å². The summed E-state index contributed by atoms with van der Waals surface area (Å²) in [5.41, 5.74) is 0.707. The molecule has 188 valence electrons. The van der Waals surface area contributed by atoms with Crippen molar-refractivity contribution in [1.82, 2.24) is 8.87 Å². The maximum atomic E-state index is 13.0. The van der Waals surface area contributed by atoms with Crippen molar-refractivity contribution in [2.45, 2.75) is 38.1 Å². The molecular formula is C23H25Cl2N3O5S2. The number of aromatic nitrogens is 1. The number of carbonyl (C=O) groups excluding carboxylic acids is 2. The first-order valence-electron chi connectivity index (χ1n) is 10.9. The van der Waals surface area contributed by atoms with E-state index in [0.717, 1.165) is 11.3 Å². The molecule has 2 aromatic carbocycles. The van der Waals surface area contributed by atoms with Crippen molar-refractivity contribution in [2.75, 3.05) is 20.2 Å². The highest BCUT2D eigenvalue weighted by Crippen LogP contribution is 2.30. The van der Waals surface area contributed by atoms with Gasteiger partial charge in [-0.15, -0.1) is 0 Å². The van der Waals surface area contributed by atoms with Crippen LogP contribution in [-0.2, 0) is 26.1 Å². The average molecular weight is 559 g/mol. The van der Waals surface area contributed by atoms with Crippen LogP contribution in [0.1, 0.15) is 37.0 Å². The van der Waals surface area contributed by atoms with Crippen LogP contribution in [0.4, 0.5) is 0 Å². The third-order valence-electron chi connectivity index (χ3n) is 5.09. The maximum absolute atomic E-state index is 13.0. The number of sulfonamides is 1. The third kappa shape index (κ3) is 6.13. The standard InChI is InChI=1S/C23H25Cl2N3O5S2/c1-4-10-27(11-5-2)35(31,32)17-8-6-15(7-9-17)22(30)26-23-28(14-20(29)33-3)21-18(25)12-16(24)13-19(21)34-23/h6-9,12-13H,4-5,10-11,14H2,1-3H3. The second kappa shape index (κ2) is 11.7. The van der Waals surface area contributed by atoms with E-state index in [-0.39, 0.29) is 21.8 Å². The van der Waals surface area contributed by atoms with Crippen LogP contribution in [0.25, 0.3) is 10.2 Å². The largest absolute Gasteiger partial charge is 0.468 e. The van der Waals surface area contributed by atoms with Crippen molar-refractivity contribution in [3.63, 3.8) is 0 Å². The number of esters is 1. The lowest BCUT2D eigenvalue weighted by Crippen LogP contribution is -2.32. The molecule has 0 saturated heterocycles. The molecular weight excluding hydrogens is 533 g/mol. The number of halogens is 2. The summed E-state index contributed by atoms with van der Waals surface area (Å²) in [5.74, 6) is -1.14. The summed E-state index contributed by atoms with van der Waals surface area (Å²) >= 11 is 13.6. The van der Waals surface area contributed by atoms with Crippen molar-refractivity contribution < 1.29 is 22.7 Å². The van der Waals surface area contributed by atoms with E-state index in [4.69, 9.17) is 27.9 Å². The molecule has 8 nitrogen and oxygen atoms in total. The molecule has 0 aliphatic carbocycles. The molecule has 35 heavy (non-hydrogen) atoms. The summed E-state index contributed by atoms with van der Waals surface area (Å²) in [6.45, 7) is 4.48. The molecule has 3 aromatic rings. The Hall–Kier alpha value is -2.24. The molecule has 0 atom stereocenters. The summed E-state index contributed by atoms with van der Waals surface area (Å²) in [7, 11) is -2.41. The molecule has 0 aliphatic heterocycles. The van der Waals surface area contributed by atoms with Crippen LogP contribution in [0, 0.1) is 0 Å². The van der Waals surface area contributed by atoms with Crippen molar-refractivity contribution in [3.05, 3.63) is 56.8 Å². The molecule has 3 rings (SSSR count). The van der Waals surface area contributed by atoms with Gasteiger partial charge in [0.25, 0.3) is 5.91 Å². The lowest BCUT2D eigenvalue weighted by Gasteiger charge is -2.21. The Morgan fingerprint density at radius 1 is 1.09 bits per heavy atom. The fourth-order valence-electron chi connectivity index (χ4n) is 3.48. The summed E-state index contributed by atoms with van der Waals surface area (Å²) < 4.78 is 34.3. The number of ether oxygens (including phenoxy) is 1. The first-order chi connectivity index (χ1) is 16.6. The van der Waals surface area contributed by atoms with Crippen LogP contribution < -0.4 is 4.80 Å². The monoisotopic (exact) mass is 557 g/mol. The van der Waals surface area contributed by atoms with Gasteiger partial charge in [-0.3, -0.25) is 9.59 Å². The van der Waals surface area contributed by atoms with E-state index < -0.39 is 21.9 Å². The zero-order valence-electron chi connectivity index (χ0n) is 19.5. The number of fused-ring (bicyclic) bond motifs is 1. The minimum Gasteiger partial charge on any atom is -0.468 e. The number of thiazole rings is 1. The number of carbonyl (C=O) groups is 2. The number of rotatable bonds is 9. The number of hydrogen-bond donors (Lipinski definition) is 0. The van der Waals surface area contributed by atoms with Crippen LogP contribution >= 0.6 is 34.5 Å². The van der Waals surface area contributed by atoms with Gasteiger partial charge < -0.3 is 9.30 Å². The molecule has 1 aromatic heterocycles. The summed E-state index contributed by atoms with van der Waals surface area (Å²) in [4.78, 5) is 29.5. The molecule has 1 heterocycles. The predicted molar refractivity (Wildman–Crippen MR) is 138 cm³/mol. The highest BCUT2D eigenvalue weighted by Gasteiger charge is 2.23. The Balaban J connectivity index is 2.01. The lowest BCUT2D eigenvalue weighted by molar-refractivity contribution is -0.141. The minimum atomic E-state index is -3.67. The molecule has 1 amide bonds. The van der Waals surface area contributed by atoms with Crippen molar-refractivity contribution in [2.24, 2.45) is 4.99 Å². The Morgan fingerprint density at radius 3 is 2.29 bits per heavy atom. The molecule has 0 bridgehead atoms. The molecule has 0 saturated carbocycles. The van der Waals surface area contributed by atoms with Gasteiger partial charge in [0, 0.05) is 23.7 Å².